The van der Waals surface area contributed by atoms with E-state index in [1.807, 2.05) is 18.2 Å². The molecule has 1 atom stereocenters. The molecule has 0 heterocycles. The van der Waals surface area contributed by atoms with Crippen molar-refractivity contribution < 1.29 is 14.6 Å². The molecule has 1 amide bonds. The van der Waals surface area contributed by atoms with Crippen LogP contribution in [0.2, 0.25) is 0 Å². The molecule has 0 radical (unpaired) electrons. The maximum Gasteiger partial charge on any atom is 0.258 e. The van der Waals surface area contributed by atoms with Crippen LogP contribution in [0.25, 0.3) is 0 Å². The quantitative estimate of drug-likeness (QED) is 0.822. The van der Waals surface area contributed by atoms with Crippen LogP contribution in [0.3, 0.4) is 0 Å². The average Bonchev–Trinajstić information content (AvgIpc) is 2.61. The first kappa shape index (κ1) is 17.0. The van der Waals surface area contributed by atoms with Gasteiger partial charge in [0, 0.05) is 10.0 Å². The van der Waals surface area contributed by atoms with Gasteiger partial charge in [-0.3, -0.25) is 4.79 Å². The summed E-state index contributed by atoms with van der Waals surface area (Å²) in [6.45, 7) is -0.195. The Morgan fingerprint density at radius 2 is 2.12 bits per heavy atom. The molecule has 1 aliphatic carbocycles. The minimum Gasteiger partial charge on any atom is -0.483 e. The highest BCUT2D eigenvalue weighted by molar-refractivity contribution is 9.10. The van der Waals surface area contributed by atoms with Crippen molar-refractivity contribution in [3.63, 3.8) is 0 Å². The van der Waals surface area contributed by atoms with Gasteiger partial charge in [0.1, 0.15) is 5.75 Å². The van der Waals surface area contributed by atoms with E-state index in [1.165, 1.54) is 11.1 Å². The largest absolute Gasteiger partial charge is 0.483 e. The summed E-state index contributed by atoms with van der Waals surface area (Å²) in [5.74, 6) is 0.378. The highest BCUT2D eigenvalue weighted by Gasteiger charge is 2.21. The highest BCUT2D eigenvalue weighted by atomic mass is 79.9. The molecule has 1 unspecified atom stereocenters. The van der Waals surface area contributed by atoms with E-state index < -0.39 is 0 Å². The predicted molar refractivity (Wildman–Crippen MR) is 95.8 cm³/mol. The number of rotatable bonds is 5. The molecular weight excluding hydrogens is 370 g/mol. The maximum absolute atomic E-state index is 12.3. The van der Waals surface area contributed by atoms with Crippen molar-refractivity contribution in [2.45, 2.75) is 31.9 Å². The van der Waals surface area contributed by atoms with Gasteiger partial charge in [-0.05, 0) is 48.6 Å². The van der Waals surface area contributed by atoms with Crippen LogP contribution in [0.1, 0.15) is 35.6 Å². The van der Waals surface area contributed by atoms with Crippen molar-refractivity contribution >= 4 is 21.8 Å². The number of halogens is 1. The van der Waals surface area contributed by atoms with E-state index in [0.29, 0.717) is 11.3 Å². The SMILES string of the molecule is O=C(COc1ccc(Br)cc1CO)NC1CCCc2ccccc21. The fourth-order valence-electron chi connectivity index (χ4n) is 3.10. The van der Waals surface area contributed by atoms with Gasteiger partial charge in [0.25, 0.3) is 5.91 Å². The number of hydrogen-bond donors (Lipinski definition) is 2. The number of carbonyl (C=O) groups excluding carboxylic acids is 1. The summed E-state index contributed by atoms with van der Waals surface area (Å²) in [5, 5.41) is 12.4. The standard InChI is InChI=1S/C19H20BrNO3/c20-15-8-9-18(14(10-15)11-22)24-12-19(23)21-17-7-3-5-13-4-1-2-6-16(13)17/h1-2,4,6,8-10,17,22H,3,5,7,11-12H2,(H,21,23). The monoisotopic (exact) mass is 389 g/mol. The predicted octanol–water partition coefficient (Wildman–Crippen LogP) is 3.51. The minimum atomic E-state index is -0.150. The number of ether oxygens (including phenoxy) is 1. The molecule has 1 aliphatic rings. The third-order valence-electron chi connectivity index (χ3n) is 4.26. The normalized spacial score (nSPS) is 16.3. The van der Waals surface area contributed by atoms with Crippen LogP contribution in [-0.2, 0) is 17.8 Å². The summed E-state index contributed by atoms with van der Waals surface area (Å²) in [6, 6.07) is 13.7. The molecule has 4 nitrogen and oxygen atoms in total. The Bertz CT molecular complexity index is 732. The first-order valence-electron chi connectivity index (χ1n) is 8.06. The highest BCUT2D eigenvalue weighted by Crippen LogP contribution is 2.29. The third kappa shape index (κ3) is 3.97. The van der Waals surface area contributed by atoms with Gasteiger partial charge in [-0.2, -0.15) is 0 Å². The van der Waals surface area contributed by atoms with Crippen molar-refractivity contribution in [2.75, 3.05) is 6.61 Å². The van der Waals surface area contributed by atoms with Gasteiger partial charge in [-0.15, -0.1) is 0 Å². The molecule has 0 saturated carbocycles. The number of hydrogen-bond acceptors (Lipinski definition) is 3. The topological polar surface area (TPSA) is 58.6 Å². The molecule has 2 aromatic rings. The van der Waals surface area contributed by atoms with E-state index >= 15 is 0 Å². The molecule has 0 spiro atoms. The number of nitrogens with one attached hydrogen (secondary N) is 1. The van der Waals surface area contributed by atoms with E-state index in [9.17, 15) is 9.90 Å². The smallest absolute Gasteiger partial charge is 0.258 e. The van der Waals surface area contributed by atoms with Gasteiger partial charge in [-0.25, -0.2) is 0 Å². The second-order valence-electron chi connectivity index (χ2n) is 5.91. The number of aliphatic hydroxyl groups is 1. The van der Waals surface area contributed by atoms with Crippen LogP contribution in [0.4, 0.5) is 0 Å². The molecule has 0 fully saturated rings. The molecule has 3 rings (SSSR count). The van der Waals surface area contributed by atoms with Crippen LogP contribution >= 0.6 is 15.9 Å². The molecule has 24 heavy (non-hydrogen) atoms. The average molecular weight is 390 g/mol. The zero-order valence-corrected chi connectivity index (χ0v) is 14.9. The van der Waals surface area contributed by atoms with Gasteiger partial charge >= 0.3 is 0 Å². The van der Waals surface area contributed by atoms with Crippen molar-refractivity contribution in [1.29, 1.82) is 0 Å². The molecule has 126 valence electrons. The van der Waals surface area contributed by atoms with Gasteiger partial charge < -0.3 is 15.2 Å². The van der Waals surface area contributed by atoms with Gasteiger partial charge in [0.2, 0.25) is 0 Å². The summed E-state index contributed by atoms with van der Waals surface area (Å²) in [6.07, 6.45) is 3.09. The molecule has 0 bridgehead atoms. The maximum atomic E-state index is 12.3. The Kier molecular flexibility index (Phi) is 5.53. The Balaban J connectivity index is 1.61. The first-order valence-corrected chi connectivity index (χ1v) is 8.86. The Hall–Kier alpha value is -1.85. The van der Waals surface area contributed by atoms with E-state index in [4.69, 9.17) is 4.74 Å². The number of benzene rings is 2. The van der Waals surface area contributed by atoms with Crippen LogP contribution in [0.15, 0.2) is 46.9 Å². The number of amides is 1. The lowest BCUT2D eigenvalue weighted by Crippen LogP contribution is -2.34. The lowest BCUT2D eigenvalue weighted by atomic mass is 9.88. The fourth-order valence-corrected chi connectivity index (χ4v) is 3.50. The van der Waals surface area contributed by atoms with Crippen LogP contribution in [0, 0.1) is 0 Å². The van der Waals surface area contributed by atoms with Crippen molar-refractivity contribution in [1.82, 2.24) is 5.32 Å². The molecule has 2 aromatic carbocycles. The third-order valence-corrected chi connectivity index (χ3v) is 4.75. The van der Waals surface area contributed by atoms with Crippen LogP contribution < -0.4 is 10.1 Å². The Morgan fingerprint density at radius 3 is 2.96 bits per heavy atom. The van der Waals surface area contributed by atoms with Crippen LogP contribution in [0.5, 0.6) is 5.75 Å². The lowest BCUT2D eigenvalue weighted by Gasteiger charge is -2.26. The summed E-state index contributed by atoms with van der Waals surface area (Å²) in [7, 11) is 0. The second-order valence-corrected chi connectivity index (χ2v) is 6.83. The summed E-state index contributed by atoms with van der Waals surface area (Å²) >= 11 is 3.35. The van der Waals surface area contributed by atoms with Gasteiger partial charge in [0.05, 0.1) is 12.6 Å². The van der Waals surface area contributed by atoms with E-state index in [0.717, 1.165) is 23.7 Å². The number of aryl methyl sites for hydroxylation is 1. The van der Waals surface area contributed by atoms with Crippen molar-refractivity contribution in [2.24, 2.45) is 0 Å². The van der Waals surface area contributed by atoms with Crippen LogP contribution in [-0.4, -0.2) is 17.6 Å². The molecule has 0 saturated heterocycles. The van der Waals surface area contributed by atoms with E-state index in [-0.39, 0.29) is 25.2 Å². The molecule has 0 aliphatic heterocycles. The summed E-state index contributed by atoms with van der Waals surface area (Å²) < 4.78 is 6.44. The zero-order valence-electron chi connectivity index (χ0n) is 13.3. The van der Waals surface area contributed by atoms with E-state index in [1.54, 1.807) is 12.1 Å². The Labute approximate surface area is 150 Å². The lowest BCUT2D eigenvalue weighted by molar-refractivity contribution is -0.124. The molecule has 2 N–H and O–H groups in total. The van der Waals surface area contributed by atoms with Crippen molar-refractivity contribution in [3.8, 4) is 5.75 Å². The molecule has 0 aromatic heterocycles. The van der Waals surface area contributed by atoms with Gasteiger partial charge in [0.15, 0.2) is 6.61 Å². The Morgan fingerprint density at radius 1 is 1.29 bits per heavy atom. The molecule has 5 heteroatoms. The fraction of sp³-hybridized carbons (Fsp3) is 0.316. The van der Waals surface area contributed by atoms with Gasteiger partial charge in [-0.1, -0.05) is 40.2 Å². The minimum absolute atomic E-state index is 0.0493. The first-order chi connectivity index (χ1) is 11.7. The zero-order chi connectivity index (χ0) is 16.9. The molecular formula is C19H20BrNO3. The second kappa shape index (κ2) is 7.81. The summed E-state index contributed by atoms with van der Waals surface area (Å²) in [4.78, 5) is 12.3. The summed E-state index contributed by atoms with van der Waals surface area (Å²) in [5.41, 5.74) is 3.17. The van der Waals surface area contributed by atoms with E-state index in [2.05, 4.69) is 33.4 Å². The number of aliphatic hydroxyl groups excluding tert-OH is 1. The number of carbonyl (C=O) groups is 1. The van der Waals surface area contributed by atoms with Crippen molar-refractivity contribution in [3.05, 3.63) is 63.6 Å². The number of fused-ring (bicyclic) bond motifs is 1.